The first-order valence-corrected chi connectivity index (χ1v) is 12.5. The molecule has 0 aromatic heterocycles. The molecule has 0 radical (unpaired) electrons. The van der Waals surface area contributed by atoms with Crippen LogP contribution in [0, 0.1) is 28.6 Å². The summed E-state index contributed by atoms with van der Waals surface area (Å²) in [6.07, 6.45) is 4.00. The molecule has 1 aliphatic heterocycles. The van der Waals surface area contributed by atoms with Crippen molar-refractivity contribution in [1.82, 2.24) is 4.90 Å². The average molecular weight is 445 g/mol. The van der Waals surface area contributed by atoms with Gasteiger partial charge in [-0.25, -0.2) is 8.78 Å². The fourth-order valence-corrected chi connectivity index (χ4v) is 8.30. The molecule has 4 bridgehead atoms. The third kappa shape index (κ3) is 3.59. The zero-order valence-corrected chi connectivity index (χ0v) is 19.5. The third-order valence-corrected chi connectivity index (χ3v) is 9.66. The highest BCUT2D eigenvalue weighted by Gasteiger charge is 2.64. The van der Waals surface area contributed by atoms with Crippen molar-refractivity contribution in [3.8, 4) is 0 Å². The summed E-state index contributed by atoms with van der Waals surface area (Å²) >= 11 is 0. The first-order valence-electron chi connectivity index (χ1n) is 12.5. The molecule has 4 aliphatic carbocycles. The maximum absolute atomic E-state index is 14.2. The molecule has 1 saturated heterocycles. The Labute approximate surface area is 191 Å². The molecular weight excluding hydrogens is 406 g/mol. The molecule has 3 atom stereocenters. The van der Waals surface area contributed by atoms with E-state index >= 15 is 0 Å². The topological polar surface area (TPSA) is 46.3 Å². The van der Waals surface area contributed by atoms with Gasteiger partial charge in [-0.3, -0.25) is 4.79 Å². The third-order valence-electron chi connectivity index (χ3n) is 9.66. The largest absolute Gasteiger partial charge is 0.342 e. The van der Waals surface area contributed by atoms with Crippen molar-refractivity contribution in [2.75, 3.05) is 13.1 Å². The number of benzene rings is 1. The Balaban J connectivity index is 1.46. The summed E-state index contributed by atoms with van der Waals surface area (Å²) in [4.78, 5) is 16.3. The number of piperidine rings is 1. The van der Waals surface area contributed by atoms with E-state index in [2.05, 4.69) is 49.1 Å². The van der Waals surface area contributed by atoms with E-state index in [0.717, 1.165) is 51.6 Å². The van der Waals surface area contributed by atoms with Crippen LogP contribution in [0.25, 0.3) is 0 Å². The molecule has 1 amide bonds. The smallest absolute Gasteiger partial charge is 0.238 e. The van der Waals surface area contributed by atoms with Crippen LogP contribution in [0.15, 0.2) is 30.3 Å². The number of amides is 1. The van der Waals surface area contributed by atoms with Gasteiger partial charge in [-0.1, -0.05) is 44.2 Å². The molecule has 1 heterocycles. The van der Waals surface area contributed by atoms with Crippen molar-refractivity contribution in [3.05, 3.63) is 35.9 Å². The number of nitrogens with two attached hydrogens (primary N) is 1. The molecule has 5 aliphatic rings. The average Bonchev–Trinajstić information content (AvgIpc) is 2.74. The Kier molecular flexibility index (Phi) is 5.43. The van der Waals surface area contributed by atoms with E-state index in [9.17, 15) is 13.6 Å². The molecular formula is C27H38F2N2O. The van der Waals surface area contributed by atoms with Gasteiger partial charge >= 0.3 is 0 Å². The molecule has 6 rings (SSSR count). The summed E-state index contributed by atoms with van der Waals surface area (Å²) in [5, 5.41) is 0. The van der Waals surface area contributed by atoms with Crippen LogP contribution in [0.1, 0.15) is 70.8 Å². The Morgan fingerprint density at radius 3 is 2.38 bits per heavy atom. The van der Waals surface area contributed by atoms with E-state index < -0.39 is 6.43 Å². The number of halogens is 2. The van der Waals surface area contributed by atoms with Gasteiger partial charge in [0.05, 0.1) is 5.41 Å². The van der Waals surface area contributed by atoms with E-state index in [1.807, 2.05) is 0 Å². The van der Waals surface area contributed by atoms with E-state index in [-0.39, 0.29) is 28.7 Å². The Bertz CT molecular complexity index is 838. The first kappa shape index (κ1) is 22.3. The highest BCUT2D eigenvalue weighted by molar-refractivity contribution is 5.84. The van der Waals surface area contributed by atoms with Gasteiger partial charge in [0.25, 0.3) is 0 Å². The van der Waals surface area contributed by atoms with Crippen molar-refractivity contribution in [3.63, 3.8) is 0 Å². The predicted molar refractivity (Wildman–Crippen MR) is 122 cm³/mol. The molecule has 1 aromatic carbocycles. The van der Waals surface area contributed by atoms with Crippen LogP contribution in [0.2, 0.25) is 0 Å². The van der Waals surface area contributed by atoms with Crippen LogP contribution < -0.4 is 5.73 Å². The minimum atomic E-state index is -2.23. The highest BCUT2D eigenvalue weighted by atomic mass is 19.3. The molecule has 0 spiro atoms. The Morgan fingerprint density at radius 2 is 1.78 bits per heavy atom. The van der Waals surface area contributed by atoms with Gasteiger partial charge in [0, 0.05) is 25.6 Å². The number of carbonyl (C=O) groups excluding carboxylic acids is 1. The molecule has 2 unspecified atom stereocenters. The quantitative estimate of drug-likeness (QED) is 0.663. The van der Waals surface area contributed by atoms with Gasteiger partial charge in [-0.2, -0.15) is 0 Å². The molecule has 5 heteroatoms. The van der Waals surface area contributed by atoms with Crippen molar-refractivity contribution in [2.45, 2.75) is 83.1 Å². The van der Waals surface area contributed by atoms with Gasteiger partial charge in [0.15, 0.2) is 0 Å². The molecule has 3 nitrogen and oxygen atoms in total. The summed E-state index contributed by atoms with van der Waals surface area (Å²) in [7, 11) is 0. The number of likely N-dealkylation sites (tertiary alicyclic amines) is 1. The van der Waals surface area contributed by atoms with Crippen molar-refractivity contribution >= 4 is 5.91 Å². The number of nitrogens with zero attached hydrogens (tertiary/aromatic N) is 1. The van der Waals surface area contributed by atoms with Gasteiger partial charge in [0.1, 0.15) is 0 Å². The van der Waals surface area contributed by atoms with E-state index in [1.54, 1.807) is 0 Å². The summed E-state index contributed by atoms with van der Waals surface area (Å²) in [5.74, 6) is 1.41. The number of hydrogen-bond acceptors (Lipinski definition) is 2. The zero-order chi connectivity index (χ0) is 22.7. The zero-order valence-electron chi connectivity index (χ0n) is 19.5. The minimum absolute atomic E-state index is 0.00481. The monoisotopic (exact) mass is 444 g/mol. The van der Waals surface area contributed by atoms with Crippen molar-refractivity contribution < 1.29 is 13.6 Å². The molecule has 32 heavy (non-hydrogen) atoms. The molecule has 1 aromatic rings. The van der Waals surface area contributed by atoms with E-state index in [0.29, 0.717) is 30.1 Å². The fourth-order valence-electron chi connectivity index (χ4n) is 8.30. The summed E-state index contributed by atoms with van der Waals surface area (Å²) in [6, 6.07) is 10.8. The lowest BCUT2D eigenvalue weighted by atomic mass is 9.39. The van der Waals surface area contributed by atoms with Gasteiger partial charge < -0.3 is 10.6 Å². The van der Waals surface area contributed by atoms with Gasteiger partial charge in [0.2, 0.25) is 12.3 Å². The maximum atomic E-state index is 14.2. The number of alkyl halides is 2. The Morgan fingerprint density at radius 1 is 1.12 bits per heavy atom. The molecule has 4 saturated carbocycles. The predicted octanol–water partition coefficient (Wildman–Crippen LogP) is 5.38. The maximum Gasteiger partial charge on any atom is 0.238 e. The number of carbonyl (C=O) groups is 1. The standard InChI is InChI=1S/C27H38F2N2O/c1-25(2)17-31(11-10-22(25)30)24(32)27-14-18-12-26(16-27,20-6-4-3-5-7-20)13-19(15-27)21(18)8-9-23(28)29/h3-7,18-19,21-23H,8-17,30H2,1-2H3/t18?,19?,21?,22-,26?,27?/m0/s1. The SMILES string of the molecule is CC1(C)CN(C(=O)C23CC4CC(c5ccccc5)(CC(C2)C4CCC(F)F)C3)CC[C@@H]1N. The van der Waals surface area contributed by atoms with E-state index in [4.69, 9.17) is 5.73 Å². The van der Waals surface area contributed by atoms with E-state index in [1.165, 1.54) is 5.56 Å². The van der Waals surface area contributed by atoms with Crippen LogP contribution in [-0.4, -0.2) is 36.4 Å². The van der Waals surface area contributed by atoms with Crippen molar-refractivity contribution in [1.29, 1.82) is 0 Å². The fraction of sp³-hybridized carbons (Fsp3) is 0.741. The summed E-state index contributed by atoms with van der Waals surface area (Å²) in [6.45, 7) is 5.80. The lowest BCUT2D eigenvalue weighted by Crippen LogP contribution is -2.64. The molecule has 5 fully saturated rings. The van der Waals surface area contributed by atoms with Crippen molar-refractivity contribution in [2.24, 2.45) is 34.3 Å². The second-order valence-electron chi connectivity index (χ2n) is 12.2. The number of hydrogen-bond donors (Lipinski definition) is 1. The summed E-state index contributed by atoms with van der Waals surface area (Å²) in [5.41, 5.74) is 7.31. The second kappa shape index (κ2) is 7.78. The lowest BCUT2D eigenvalue weighted by molar-refractivity contribution is -0.172. The van der Waals surface area contributed by atoms with Crippen LogP contribution in [0.3, 0.4) is 0 Å². The number of rotatable bonds is 5. The second-order valence-corrected chi connectivity index (χ2v) is 12.2. The van der Waals surface area contributed by atoms with Gasteiger partial charge in [-0.05, 0) is 79.1 Å². The van der Waals surface area contributed by atoms with Gasteiger partial charge in [-0.15, -0.1) is 0 Å². The van der Waals surface area contributed by atoms with Crippen LogP contribution in [0.5, 0.6) is 0 Å². The minimum Gasteiger partial charge on any atom is -0.342 e. The van der Waals surface area contributed by atoms with Crippen LogP contribution in [-0.2, 0) is 10.2 Å². The molecule has 2 N–H and O–H groups in total. The van der Waals surface area contributed by atoms with Crippen LogP contribution >= 0.6 is 0 Å². The normalized spacial score (nSPS) is 40.1. The first-order chi connectivity index (χ1) is 15.1. The highest BCUT2D eigenvalue weighted by Crippen LogP contribution is 2.68. The lowest BCUT2D eigenvalue weighted by Gasteiger charge is -2.65. The Hall–Kier alpha value is -1.49. The van der Waals surface area contributed by atoms with Crippen LogP contribution in [0.4, 0.5) is 8.78 Å². The summed E-state index contributed by atoms with van der Waals surface area (Å²) < 4.78 is 26.1. The molecule has 176 valence electrons.